The van der Waals surface area contributed by atoms with E-state index in [0.29, 0.717) is 17.5 Å². The molecular weight excluding hydrogens is 532 g/mol. The molecule has 4 aliphatic carbocycles. The number of benzene rings is 2. The molecule has 224 valence electrons. The first-order valence-corrected chi connectivity index (χ1v) is 14.4. The molecule has 2 atom stereocenters. The van der Waals surface area contributed by atoms with Gasteiger partial charge in [0.05, 0.1) is 12.6 Å². The van der Waals surface area contributed by atoms with E-state index in [1.165, 1.54) is 50.9 Å². The van der Waals surface area contributed by atoms with Crippen molar-refractivity contribution in [1.29, 1.82) is 0 Å². The van der Waals surface area contributed by atoms with Gasteiger partial charge in [-0.25, -0.2) is 5.48 Å². The lowest BCUT2D eigenvalue weighted by atomic mass is 9.49. The van der Waals surface area contributed by atoms with Crippen LogP contribution in [0, 0.1) is 35.0 Å². The maximum absolute atomic E-state index is 12.5. The largest absolute Gasteiger partial charge is 0.391 e. The summed E-state index contributed by atoms with van der Waals surface area (Å²) >= 11 is 0. The van der Waals surface area contributed by atoms with Gasteiger partial charge in [0.15, 0.2) is 0 Å². The number of hydrogen-bond acceptors (Lipinski definition) is 6. The molecule has 9 nitrogen and oxygen atoms in total. The molecule has 42 heavy (non-hydrogen) atoms. The smallest absolute Gasteiger partial charge is 0.268 e. The Balaban J connectivity index is 0.00000405. The lowest BCUT2D eigenvalue weighted by Crippen LogP contribution is -2.51. The molecule has 4 fully saturated rings. The normalized spacial score (nSPS) is 24.8. The van der Waals surface area contributed by atoms with Crippen LogP contribution in [0.2, 0.25) is 0 Å². The zero-order valence-corrected chi connectivity index (χ0v) is 23.3. The van der Waals surface area contributed by atoms with E-state index >= 15 is 0 Å². The number of nitrogens with one attached hydrogen (secondary N) is 4. The summed E-state index contributed by atoms with van der Waals surface area (Å²) in [4.78, 5) is 36.6. The highest BCUT2D eigenvalue weighted by molar-refractivity contribution is 5.97. The summed E-state index contributed by atoms with van der Waals surface area (Å²) in [7, 11) is 0. The average Bonchev–Trinajstić information content (AvgIpc) is 2.94. The van der Waals surface area contributed by atoms with Gasteiger partial charge in [0.1, 0.15) is 6.04 Å². The number of hydroxylamine groups is 1. The van der Waals surface area contributed by atoms with Gasteiger partial charge in [-0.3, -0.25) is 19.6 Å². The van der Waals surface area contributed by atoms with Crippen molar-refractivity contribution in [3.8, 4) is 11.8 Å². The quantitative estimate of drug-likeness (QED) is 0.154. The first kappa shape index (κ1) is 31.2. The Morgan fingerprint density at radius 1 is 0.905 bits per heavy atom. The second-order valence-electron chi connectivity index (χ2n) is 12.1. The number of hydrogen-bond donors (Lipinski definition) is 6. The number of carbonyl (C=O) groups excluding carboxylic acids is 3. The highest BCUT2D eigenvalue weighted by Gasteiger charge is 2.50. The number of aliphatic hydroxyl groups is 1. The SMILES string of the molecule is C.C[C@@H](O)[C@H](NC(=O)c1ccc(C#Cc2ccc(NC(=O)CNCC34CC5CC(CC(C5)C3)C4)cc2)cc1)C(=O)NO. The minimum absolute atomic E-state index is 0. The van der Waals surface area contributed by atoms with Crippen LogP contribution < -0.4 is 21.4 Å². The van der Waals surface area contributed by atoms with E-state index in [-0.39, 0.29) is 18.9 Å². The van der Waals surface area contributed by atoms with Gasteiger partial charge in [0, 0.05) is 28.9 Å². The van der Waals surface area contributed by atoms with E-state index in [2.05, 4.69) is 27.8 Å². The van der Waals surface area contributed by atoms with Gasteiger partial charge in [-0.1, -0.05) is 19.3 Å². The lowest BCUT2D eigenvalue weighted by molar-refractivity contribution is -0.133. The minimum atomic E-state index is -1.29. The van der Waals surface area contributed by atoms with Crippen LogP contribution in [0.4, 0.5) is 5.69 Å². The van der Waals surface area contributed by atoms with Gasteiger partial charge in [0.25, 0.3) is 11.8 Å². The third kappa shape index (κ3) is 7.57. The van der Waals surface area contributed by atoms with Crippen molar-refractivity contribution < 1.29 is 24.7 Å². The number of carbonyl (C=O) groups is 3. The third-order valence-corrected chi connectivity index (χ3v) is 8.78. The molecule has 0 heterocycles. The molecule has 6 N–H and O–H groups in total. The molecule has 3 amide bonds. The van der Waals surface area contributed by atoms with E-state index in [1.54, 1.807) is 24.3 Å². The summed E-state index contributed by atoms with van der Waals surface area (Å²) in [6.07, 6.45) is 7.05. The van der Waals surface area contributed by atoms with Crippen molar-refractivity contribution in [3.63, 3.8) is 0 Å². The van der Waals surface area contributed by atoms with Gasteiger partial charge < -0.3 is 21.1 Å². The summed E-state index contributed by atoms with van der Waals surface area (Å²) in [5, 5.41) is 27.3. The number of aliphatic hydroxyl groups excluding tert-OH is 1. The Labute approximate surface area is 247 Å². The molecule has 4 bridgehead atoms. The molecular formula is C33H42N4O5. The summed E-state index contributed by atoms with van der Waals surface area (Å²) in [6, 6.07) is 12.5. The zero-order valence-electron chi connectivity index (χ0n) is 23.3. The average molecular weight is 575 g/mol. The summed E-state index contributed by atoms with van der Waals surface area (Å²) in [6.45, 7) is 2.58. The van der Waals surface area contributed by atoms with Crippen molar-refractivity contribution in [3.05, 3.63) is 65.2 Å². The molecule has 2 aromatic rings. The van der Waals surface area contributed by atoms with Crippen LogP contribution in [0.3, 0.4) is 0 Å². The first-order chi connectivity index (χ1) is 19.7. The second-order valence-corrected chi connectivity index (χ2v) is 12.1. The van der Waals surface area contributed by atoms with Crippen LogP contribution in [-0.2, 0) is 9.59 Å². The first-order valence-electron chi connectivity index (χ1n) is 14.4. The maximum Gasteiger partial charge on any atom is 0.268 e. The molecule has 9 heteroatoms. The fraction of sp³-hybridized carbons (Fsp3) is 0.485. The fourth-order valence-corrected chi connectivity index (χ4v) is 7.34. The van der Waals surface area contributed by atoms with Crippen LogP contribution in [0.5, 0.6) is 0 Å². The Kier molecular flexibility index (Phi) is 10.0. The molecule has 6 rings (SSSR count). The van der Waals surface area contributed by atoms with Gasteiger partial charge in [-0.05, 0) is 117 Å². The van der Waals surface area contributed by atoms with Gasteiger partial charge in [-0.15, -0.1) is 0 Å². The summed E-state index contributed by atoms with van der Waals surface area (Å²) in [5.41, 5.74) is 4.29. The Morgan fingerprint density at radius 2 is 1.43 bits per heavy atom. The number of amides is 3. The highest BCUT2D eigenvalue weighted by atomic mass is 16.5. The second kappa shape index (κ2) is 13.5. The van der Waals surface area contributed by atoms with Crippen molar-refractivity contribution in [2.75, 3.05) is 18.4 Å². The molecule has 0 aromatic heterocycles. The van der Waals surface area contributed by atoms with Crippen LogP contribution >= 0.6 is 0 Å². The molecule has 4 aliphatic rings. The summed E-state index contributed by atoms with van der Waals surface area (Å²) < 4.78 is 0. The van der Waals surface area contributed by atoms with Crippen LogP contribution in [0.25, 0.3) is 0 Å². The monoisotopic (exact) mass is 574 g/mol. The zero-order chi connectivity index (χ0) is 29.0. The number of anilines is 1. The predicted molar refractivity (Wildman–Crippen MR) is 161 cm³/mol. The van der Waals surface area contributed by atoms with E-state index < -0.39 is 24.0 Å². The van der Waals surface area contributed by atoms with E-state index in [4.69, 9.17) is 5.21 Å². The van der Waals surface area contributed by atoms with Gasteiger partial charge >= 0.3 is 0 Å². The van der Waals surface area contributed by atoms with Crippen molar-refractivity contribution in [2.45, 2.75) is 65.0 Å². The van der Waals surface area contributed by atoms with Crippen molar-refractivity contribution in [1.82, 2.24) is 16.1 Å². The molecule has 4 saturated carbocycles. The third-order valence-electron chi connectivity index (χ3n) is 8.78. The molecule has 2 aromatic carbocycles. The molecule has 0 spiro atoms. The number of rotatable bonds is 9. The van der Waals surface area contributed by atoms with Gasteiger partial charge in [0.2, 0.25) is 5.91 Å². The van der Waals surface area contributed by atoms with Crippen LogP contribution in [-0.4, -0.2) is 53.3 Å². The Bertz CT molecular complexity index is 1290. The van der Waals surface area contributed by atoms with Crippen molar-refractivity contribution in [2.24, 2.45) is 23.2 Å². The fourth-order valence-electron chi connectivity index (χ4n) is 7.34. The van der Waals surface area contributed by atoms with E-state index in [1.807, 2.05) is 24.3 Å². The van der Waals surface area contributed by atoms with E-state index in [0.717, 1.165) is 35.5 Å². The maximum atomic E-state index is 12.5. The molecule has 0 saturated heterocycles. The topological polar surface area (TPSA) is 140 Å². The predicted octanol–water partition coefficient (Wildman–Crippen LogP) is 3.45. The highest BCUT2D eigenvalue weighted by Crippen LogP contribution is 2.59. The molecule has 0 radical (unpaired) electrons. The Hall–Kier alpha value is -3.71. The van der Waals surface area contributed by atoms with Gasteiger partial charge in [-0.2, -0.15) is 0 Å². The standard InChI is InChI=1S/C32H38N4O5.CH4/c1-20(37)29(31(40)36-41)35-30(39)26-8-4-21(5-9-26)2-3-22-6-10-27(11-7-22)34-28(38)18-33-19-32-15-23-12-24(16-32)14-25(13-23)17-32;/h4-11,20,23-25,29,33,37,41H,12-19H2,1H3,(H,34,38)(H,35,39)(H,36,40);1H4/t20-,23?,24?,25?,29+,32?;/m1./s1. The summed E-state index contributed by atoms with van der Waals surface area (Å²) in [5.74, 6) is 7.30. The van der Waals surface area contributed by atoms with E-state index in [9.17, 15) is 19.5 Å². The van der Waals surface area contributed by atoms with Crippen LogP contribution in [0.1, 0.15) is 74.4 Å². The molecule has 0 unspecified atom stereocenters. The Morgan fingerprint density at radius 3 is 1.93 bits per heavy atom. The molecule has 0 aliphatic heterocycles. The van der Waals surface area contributed by atoms with Crippen molar-refractivity contribution >= 4 is 23.4 Å². The minimum Gasteiger partial charge on any atom is -0.391 e. The lowest BCUT2D eigenvalue weighted by Gasteiger charge is -2.57. The van der Waals surface area contributed by atoms with Crippen LogP contribution in [0.15, 0.2) is 48.5 Å².